The van der Waals surface area contributed by atoms with Gasteiger partial charge in [0.1, 0.15) is 5.60 Å². The Morgan fingerprint density at radius 2 is 1.79 bits per heavy atom. The molecule has 19 heavy (non-hydrogen) atoms. The predicted molar refractivity (Wildman–Crippen MR) is 71.9 cm³/mol. The second-order valence-corrected chi connectivity index (χ2v) is 5.14. The van der Waals surface area contributed by atoms with Crippen LogP contribution >= 0.6 is 0 Å². The van der Waals surface area contributed by atoms with Crippen LogP contribution in [-0.4, -0.2) is 24.1 Å². The minimum atomic E-state index is -0.532. The van der Waals surface area contributed by atoms with Crippen molar-refractivity contribution in [1.82, 2.24) is 0 Å². The molecule has 0 heterocycles. The molecular formula is C15H20O4. The Bertz CT molecular complexity index is 457. The highest BCUT2D eigenvalue weighted by molar-refractivity contribution is 5.92. The average Bonchev–Trinajstić information content (AvgIpc) is 2.27. The first kappa shape index (κ1) is 15.2. The lowest BCUT2D eigenvalue weighted by atomic mass is 10.0. The summed E-state index contributed by atoms with van der Waals surface area (Å²) in [5.74, 6) is -0.772. The molecule has 4 nitrogen and oxygen atoms in total. The minimum absolute atomic E-state index is 0.0618. The van der Waals surface area contributed by atoms with Crippen molar-refractivity contribution in [2.75, 3.05) is 6.61 Å². The van der Waals surface area contributed by atoms with Gasteiger partial charge in [0.15, 0.2) is 0 Å². The second-order valence-electron chi connectivity index (χ2n) is 5.14. The van der Waals surface area contributed by atoms with Crippen LogP contribution in [-0.2, 0) is 20.7 Å². The van der Waals surface area contributed by atoms with Gasteiger partial charge in [0, 0.05) is 0 Å². The molecular weight excluding hydrogens is 244 g/mol. The minimum Gasteiger partial charge on any atom is -0.462 e. The molecule has 4 heteroatoms. The smallest absolute Gasteiger partial charge is 0.338 e. The molecule has 0 aliphatic carbocycles. The molecule has 0 radical (unpaired) electrons. The topological polar surface area (TPSA) is 52.6 Å². The quantitative estimate of drug-likeness (QED) is 0.785. The fourth-order valence-electron chi connectivity index (χ4n) is 1.62. The lowest BCUT2D eigenvalue weighted by molar-refractivity contribution is -0.153. The number of hydrogen-bond acceptors (Lipinski definition) is 4. The predicted octanol–water partition coefficient (Wildman–Crippen LogP) is 2.75. The molecule has 0 fully saturated rings. The lowest BCUT2D eigenvalue weighted by Gasteiger charge is -2.19. The molecule has 0 bridgehead atoms. The maximum Gasteiger partial charge on any atom is 0.338 e. The van der Waals surface area contributed by atoms with Gasteiger partial charge in [0.05, 0.1) is 18.6 Å². The second kappa shape index (κ2) is 6.36. The summed E-state index contributed by atoms with van der Waals surface area (Å²) in [5, 5.41) is 0. The van der Waals surface area contributed by atoms with Crippen molar-refractivity contribution in [2.45, 2.75) is 39.7 Å². The van der Waals surface area contributed by atoms with Gasteiger partial charge in [-0.2, -0.15) is 0 Å². The van der Waals surface area contributed by atoms with E-state index in [1.807, 2.05) is 20.8 Å². The van der Waals surface area contributed by atoms with Gasteiger partial charge in [-0.1, -0.05) is 18.2 Å². The first-order chi connectivity index (χ1) is 8.83. The van der Waals surface area contributed by atoms with Gasteiger partial charge in [-0.05, 0) is 39.3 Å². The third-order valence-corrected chi connectivity index (χ3v) is 2.27. The van der Waals surface area contributed by atoms with E-state index in [1.54, 1.807) is 31.2 Å². The Kier molecular flexibility index (Phi) is 5.10. The fraction of sp³-hybridized carbons (Fsp3) is 0.467. The van der Waals surface area contributed by atoms with E-state index in [2.05, 4.69) is 0 Å². The highest BCUT2D eigenvalue weighted by Gasteiger charge is 2.19. The molecule has 1 rings (SSSR count). The number of esters is 2. The summed E-state index contributed by atoms with van der Waals surface area (Å²) in [4.78, 5) is 23.5. The summed E-state index contributed by atoms with van der Waals surface area (Å²) >= 11 is 0. The van der Waals surface area contributed by atoms with Gasteiger partial charge in [-0.25, -0.2) is 4.79 Å². The van der Waals surface area contributed by atoms with E-state index in [1.165, 1.54) is 0 Å². The zero-order valence-corrected chi connectivity index (χ0v) is 11.9. The van der Waals surface area contributed by atoms with Gasteiger partial charge in [-0.3, -0.25) is 4.79 Å². The van der Waals surface area contributed by atoms with Crippen LogP contribution in [0.25, 0.3) is 0 Å². The molecule has 0 N–H and O–H groups in total. The molecule has 104 valence electrons. The van der Waals surface area contributed by atoms with Crippen molar-refractivity contribution in [2.24, 2.45) is 0 Å². The van der Waals surface area contributed by atoms with E-state index in [4.69, 9.17) is 9.47 Å². The van der Waals surface area contributed by atoms with Crippen molar-refractivity contribution in [1.29, 1.82) is 0 Å². The van der Waals surface area contributed by atoms with E-state index in [0.717, 1.165) is 0 Å². The Morgan fingerprint density at radius 1 is 1.16 bits per heavy atom. The number of carbonyl (C=O) groups excluding carboxylic acids is 2. The maximum absolute atomic E-state index is 11.8. The van der Waals surface area contributed by atoms with E-state index in [9.17, 15) is 9.59 Å². The third kappa shape index (κ3) is 5.12. The van der Waals surface area contributed by atoms with Crippen molar-refractivity contribution in [3.63, 3.8) is 0 Å². The van der Waals surface area contributed by atoms with Crippen LogP contribution in [0.3, 0.4) is 0 Å². The normalized spacial score (nSPS) is 10.9. The molecule has 0 aliphatic rings. The molecule has 0 unspecified atom stereocenters. The Labute approximate surface area is 113 Å². The molecule has 0 saturated carbocycles. The van der Waals surface area contributed by atoms with Crippen LogP contribution in [0.4, 0.5) is 0 Å². The lowest BCUT2D eigenvalue weighted by Crippen LogP contribution is -2.25. The van der Waals surface area contributed by atoms with E-state index >= 15 is 0 Å². The largest absolute Gasteiger partial charge is 0.462 e. The first-order valence-electron chi connectivity index (χ1n) is 6.30. The van der Waals surface area contributed by atoms with E-state index < -0.39 is 11.6 Å². The zero-order chi connectivity index (χ0) is 14.5. The van der Waals surface area contributed by atoms with Crippen LogP contribution in [0, 0.1) is 0 Å². The molecule has 0 spiro atoms. The molecule has 0 amide bonds. The van der Waals surface area contributed by atoms with Crippen LogP contribution in [0.15, 0.2) is 24.3 Å². The fourth-order valence-corrected chi connectivity index (χ4v) is 1.62. The maximum atomic E-state index is 11.8. The molecule has 0 aliphatic heterocycles. The highest BCUT2D eigenvalue weighted by Crippen LogP contribution is 2.14. The van der Waals surface area contributed by atoms with E-state index in [-0.39, 0.29) is 12.4 Å². The van der Waals surface area contributed by atoms with Crippen LogP contribution in [0.1, 0.15) is 43.6 Å². The van der Waals surface area contributed by atoms with Gasteiger partial charge in [0.2, 0.25) is 0 Å². The molecule has 1 aromatic carbocycles. The molecule has 0 aromatic heterocycles. The van der Waals surface area contributed by atoms with Gasteiger partial charge in [-0.15, -0.1) is 0 Å². The molecule has 1 aromatic rings. The monoisotopic (exact) mass is 264 g/mol. The Morgan fingerprint density at radius 3 is 2.37 bits per heavy atom. The number of ether oxygens (including phenoxy) is 2. The zero-order valence-electron chi connectivity index (χ0n) is 11.9. The van der Waals surface area contributed by atoms with Crippen molar-refractivity contribution < 1.29 is 19.1 Å². The Hall–Kier alpha value is -1.84. The van der Waals surface area contributed by atoms with Gasteiger partial charge < -0.3 is 9.47 Å². The summed E-state index contributed by atoms with van der Waals surface area (Å²) < 4.78 is 10.2. The number of rotatable bonds is 4. The third-order valence-electron chi connectivity index (χ3n) is 2.27. The summed E-state index contributed by atoms with van der Waals surface area (Å²) in [6.45, 7) is 7.47. The highest BCUT2D eigenvalue weighted by atomic mass is 16.6. The van der Waals surface area contributed by atoms with Crippen molar-refractivity contribution >= 4 is 11.9 Å². The molecule has 0 atom stereocenters. The number of carbonyl (C=O) groups is 2. The standard InChI is InChI=1S/C15H20O4/c1-5-18-14(17)12-9-7-6-8-11(12)10-13(16)19-15(2,3)4/h6-9H,5,10H2,1-4H3. The summed E-state index contributed by atoms with van der Waals surface area (Å²) in [7, 11) is 0. The molecule has 0 saturated heterocycles. The SMILES string of the molecule is CCOC(=O)c1ccccc1CC(=O)OC(C)(C)C. The summed E-state index contributed by atoms with van der Waals surface area (Å²) in [6.07, 6.45) is 0.0618. The van der Waals surface area contributed by atoms with Crippen molar-refractivity contribution in [3.8, 4) is 0 Å². The number of benzene rings is 1. The van der Waals surface area contributed by atoms with Crippen molar-refractivity contribution in [3.05, 3.63) is 35.4 Å². The van der Waals surface area contributed by atoms with E-state index in [0.29, 0.717) is 17.7 Å². The average molecular weight is 264 g/mol. The van der Waals surface area contributed by atoms with Gasteiger partial charge >= 0.3 is 11.9 Å². The Balaban J connectivity index is 2.84. The van der Waals surface area contributed by atoms with Crippen LogP contribution in [0.5, 0.6) is 0 Å². The summed E-state index contributed by atoms with van der Waals surface area (Å²) in [5.41, 5.74) is 0.501. The van der Waals surface area contributed by atoms with Crippen LogP contribution in [0.2, 0.25) is 0 Å². The van der Waals surface area contributed by atoms with Gasteiger partial charge in [0.25, 0.3) is 0 Å². The van der Waals surface area contributed by atoms with Crippen LogP contribution < -0.4 is 0 Å². The summed E-state index contributed by atoms with van der Waals surface area (Å²) in [6, 6.07) is 6.90. The first-order valence-corrected chi connectivity index (χ1v) is 6.30. The number of hydrogen-bond donors (Lipinski definition) is 0.